The van der Waals surface area contributed by atoms with Crippen LogP contribution in [0.4, 0.5) is 5.69 Å². The Morgan fingerprint density at radius 1 is 1.31 bits per heavy atom. The fraction of sp³-hybridized carbons (Fsp3) is 0.250. The highest BCUT2D eigenvalue weighted by atomic mass is 127. The predicted octanol–water partition coefficient (Wildman–Crippen LogP) is 2.68. The molecule has 1 aromatic heterocycles. The summed E-state index contributed by atoms with van der Waals surface area (Å²) in [4.78, 5) is 0. The van der Waals surface area contributed by atoms with Gasteiger partial charge in [-0.2, -0.15) is 5.10 Å². The lowest BCUT2D eigenvalue weighted by atomic mass is 10.2. The summed E-state index contributed by atoms with van der Waals surface area (Å²) in [6.45, 7) is 0.937. The number of hydrogen-bond donors (Lipinski definition) is 1. The van der Waals surface area contributed by atoms with Gasteiger partial charge in [-0.15, -0.1) is 0 Å². The fourth-order valence-electron chi connectivity index (χ4n) is 1.52. The molecule has 2 aromatic rings. The van der Waals surface area contributed by atoms with Gasteiger partial charge in [0.15, 0.2) is 0 Å². The van der Waals surface area contributed by atoms with Gasteiger partial charge in [0, 0.05) is 29.0 Å². The lowest BCUT2D eigenvalue weighted by molar-refractivity contribution is 0.767. The van der Waals surface area contributed by atoms with Crippen molar-refractivity contribution in [2.75, 3.05) is 11.9 Å². The van der Waals surface area contributed by atoms with Gasteiger partial charge in [0.05, 0.1) is 6.20 Å². The summed E-state index contributed by atoms with van der Waals surface area (Å²) >= 11 is 2.31. The van der Waals surface area contributed by atoms with E-state index in [-0.39, 0.29) is 0 Å². The van der Waals surface area contributed by atoms with Gasteiger partial charge in [-0.3, -0.25) is 4.68 Å². The minimum Gasteiger partial charge on any atom is -0.385 e. The summed E-state index contributed by atoms with van der Waals surface area (Å²) in [5.41, 5.74) is 2.44. The first kappa shape index (κ1) is 11.4. The van der Waals surface area contributed by atoms with Crippen LogP contribution >= 0.6 is 22.6 Å². The molecule has 2 rings (SSSR count). The zero-order chi connectivity index (χ0) is 11.4. The molecule has 0 bridgehead atoms. The SMILES string of the molecule is Cn1cc(CCNc2ccc(I)cc2)cn1. The van der Waals surface area contributed by atoms with Gasteiger partial charge in [0.2, 0.25) is 0 Å². The van der Waals surface area contributed by atoms with E-state index < -0.39 is 0 Å². The van der Waals surface area contributed by atoms with Gasteiger partial charge in [0.1, 0.15) is 0 Å². The quantitative estimate of drug-likeness (QED) is 0.875. The van der Waals surface area contributed by atoms with Gasteiger partial charge in [-0.1, -0.05) is 0 Å². The van der Waals surface area contributed by atoms with Crippen LogP contribution in [0.5, 0.6) is 0 Å². The highest BCUT2D eigenvalue weighted by molar-refractivity contribution is 14.1. The summed E-state index contributed by atoms with van der Waals surface area (Å²) < 4.78 is 3.09. The molecule has 1 aromatic carbocycles. The summed E-state index contributed by atoms with van der Waals surface area (Å²) in [7, 11) is 1.94. The second-order valence-electron chi connectivity index (χ2n) is 3.71. The highest BCUT2D eigenvalue weighted by Crippen LogP contribution is 2.11. The first-order valence-electron chi connectivity index (χ1n) is 5.21. The number of nitrogens with one attached hydrogen (secondary N) is 1. The Balaban J connectivity index is 1.82. The van der Waals surface area contributed by atoms with Crippen molar-refractivity contribution in [2.45, 2.75) is 6.42 Å². The second kappa shape index (κ2) is 5.34. The lowest BCUT2D eigenvalue weighted by Gasteiger charge is -2.04. The average Bonchev–Trinajstić information content (AvgIpc) is 2.67. The van der Waals surface area contributed by atoms with Crippen LogP contribution in [0.3, 0.4) is 0 Å². The summed E-state index contributed by atoms with van der Waals surface area (Å²) in [6, 6.07) is 8.41. The minimum absolute atomic E-state index is 0.937. The van der Waals surface area contributed by atoms with Crippen molar-refractivity contribution in [2.24, 2.45) is 7.05 Å². The summed E-state index contributed by atoms with van der Waals surface area (Å²) in [6.07, 6.45) is 4.96. The average molecular weight is 327 g/mol. The van der Waals surface area contributed by atoms with Crippen LogP contribution in [-0.2, 0) is 13.5 Å². The number of anilines is 1. The van der Waals surface area contributed by atoms with E-state index in [4.69, 9.17) is 0 Å². The number of aryl methyl sites for hydroxylation is 1. The van der Waals surface area contributed by atoms with Crippen molar-refractivity contribution >= 4 is 28.3 Å². The molecule has 4 heteroatoms. The molecule has 84 valence electrons. The van der Waals surface area contributed by atoms with Crippen LogP contribution in [0.2, 0.25) is 0 Å². The zero-order valence-electron chi connectivity index (χ0n) is 9.15. The number of benzene rings is 1. The minimum atomic E-state index is 0.937. The molecule has 0 atom stereocenters. The third-order valence-electron chi connectivity index (χ3n) is 2.35. The Labute approximate surface area is 109 Å². The van der Waals surface area contributed by atoms with Crippen molar-refractivity contribution in [3.05, 3.63) is 45.8 Å². The van der Waals surface area contributed by atoms with Crippen LogP contribution in [0, 0.1) is 3.57 Å². The molecule has 0 saturated heterocycles. The highest BCUT2D eigenvalue weighted by Gasteiger charge is 1.96. The van der Waals surface area contributed by atoms with Gasteiger partial charge < -0.3 is 5.32 Å². The van der Waals surface area contributed by atoms with Crippen molar-refractivity contribution in [3.8, 4) is 0 Å². The van der Waals surface area contributed by atoms with Crippen molar-refractivity contribution < 1.29 is 0 Å². The van der Waals surface area contributed by atoms with Gasteiger partial charge in [0.25, 0.3) is 0 Å². The van der Waals surface area contributed by atoms with Crippen LogP contribution < -0.4 is 5.32 Å². The van der Waals surface area contributed by atoms with Crippen LogP contribution in [-0.4, -0.2) is 16.3 Å². The summed E-state index contributed by atoms with van der Waals surface area (Å²) in [5, 5.41) is 7.53. The van der Waals surface area contributed by atoms with Gasteiger partial charge in [-0.25, -0.2) is 0 Å². The second-order valence-corrected chi connectivity index (χ2v) is 4.95. The number of rotatable bonds is 4. The fourth-order valence-corrected chi connectivity index (χ4v) is 1.88. The van der Waals surface area contributed by atoms with Crippen LogP contribution in [0.1, 0.15) is 5.56 Å². The molecule has 0 aliphatic carbocycles. The first-order chi connectivity index (χ1) is 7.74. The number of nitrogens with zero attached hydrogens (tertiary/aromatic N) is 2. The van der Waals surface area contributed by atoms with E-state index in [0.717, 1.165) is 13.0 Å². The molecule has 0 spiro atoms. The van der Waals surface area contributed by atoms with E-state index >= 15 is 0 Å². The maximum Gasteiger partial charge on any atom is 0.0522 e. The van der Waals surface area contributed by atoms with Crippen LogP contribution in [0.25, 0.3) is 0 Å². The topological polar surface area (TPSA) is 29.9 Å². The standard InChI is InChI=1S/C12H14IN3/c1-16-9-10(8-15-16)6-7-14-12-4-2-11(13)3-5-12/h2-5,8-9,14H,6-7H2,1H3. The smallest absolute Gasteiger partial charge is 0.0522 e. The first-order valence-corrected chi connectivity index (χ1v) is 6.29. The zero-order valence-corrected chi connectivity index (χ0v) is 11.3. The molecular formula is C12H14IN3. The molecule has 0 aliphatic heterocycles. The van der Waals surface area contributed by atoms with E-state index in [0.29, 0.717) is 0 Å². The molecule has 0 aliphatic rings. The van der Waals surface area contributed by atoms with E-state index in [1.165, 1.54) is 14.8 Å². The molecule has 1 heterocycles. The molecule has 1 N–H and O–H groups in total. The summed E-state index contributed by atoms with van der Waals surface area (Å²) in [5.74, 6) is 0. The Hall–Kier alpha value is -1.04. The van der Waals surface area contributed by atoms with Crippen molar-refractivity contribution in [1.29, 1.82) is 0 Å². The molecule has 16 heavy (non-hydrogen) atoms. The normalized spacial score (nSPS) is 10.4. The molecule has 0 saturated carbocycles. The maximum absolute atomic E-state index is 4.14. The molecule has 0 amide bonds. The molecule has 0 fully saturated rings. The molecule has 0 radical (unpaired) electrons. The largest absolute Gasteiger partial charge is 0.385 e. The van der Waals surface area contributed by atoms with E-state index in [2.05, 4.69) is 63.5 Å². The van der Waals surface area contributed by atoms with Crippen molar-refractivity contribution in [3.63, 3.8) is 0 Å². The Kier molecular flexibility index (Phi) is 3.82. The number of halogens is 1. The number of hydrogen-bond acceptors (Lipinski definition) is 2. The third kappa shape index (κ3) is 3.23. The predicted molar refractivity (Wildman–Crippen MR) is 74.6 cm³/mol. The van der Waals surface area contributed by atoms with Gasteiger partial charge in [-0.05, 0) is 58.8 Å². The molecule has 3 nitrogen and oxygen atoms in total. The van der Waals surface area contributed by atoms with Crippen LogP contribution in [0.15, 0.2) is 36.7 Å². The number of aromatic nitrogens is 2. The van der Waals surface area contributed by atoms with E-state index in [1.54, 1.807) is 0 Å². The monoisotopic (exact) mass is 327 g/mol. The maximum atomic E-state index is 4.14. The lowest BCUT2D eigenvalue weighted by Crippen LogP contribution is -2.04. The third-order valence-corrected chi connectivity index (χ3v) is 3.06. The molecule has 0 unspecified atom stereocenters. The van der Waals surface area contributed by atoms with Crippen molar-refractivity contribution in [1.82, 2.24) is 9.78 Å². The Bertz CT molecular complexity index is 448. The van der Waals surface area contributed by atoms with E-state index in [1.807, 2.05) is 17.9 Å². The Morgan fingerprint density at radius 2 is 2.06 bits per heavy atom. The molecular weight excluding hydrogens is 313 g/mol. The van der Waals surface area contributed by atoms with E-state index in [9.17, 15) is 0 Å². The Morgan fingerprint density at radius 3 is 2.69 bits per heavy atom. The van der Waals surface area contributed by atoms with Gasteiger partial charge >= 0.3 is 0 Å².